The minimum absolute atomic E-state index is 0.0421. The lowest BCUT2D eigenvalue weighted by molar-refractivity contribution is 0.0465. The Morgan fingerprint density at radius 1 is 1.34 bits per heavy atom. The van der Waals surface area contributed by atoms with Gasteiger partial charge in [-0.05, 0) is 31.2 Å². The molecule has 4 aromatic rings. The third kappa shape index (κ3) is 3.39. The van der Waals surface area contributed by atoms with E-state index in [2.05, 4.69) is 4.98 Å². The third-order valence-electron chi connectivity index (χ3n) is 4.25. The van der Waals surface area contributed by atoms with Crippen LogP contribution >= 0.6 is 11.6 Å². The van der Waals surface area contributed by atoms with Gasteiger partial charge in [0.2, 0.25) is 5.88 Å². The number of nitrogens with zero attached hydrogens (tertiary/aromatic N) is 4. The topological polar surface area (TPSA) is 103 Å². The molecule has 144 valence electrons. The third-order valence-corrected chi connectivity index (χ3v) is 4.47. The van der Waals surface area contributed by atoms with Crippen molar-refractivity contribution in [2.24, 2.45) is 0 Å². The van der Waals surface area contributed by atoms with Crippen molar-refractivity contribution in [2.75, 3.05) is 0 Å². The molecule has 0 spiro atoms. The van der Waals surface area contributed by atoms with E-state index < -0.39 is 5.97 Å². The molecule has 29 heavy (non-hydrogen) atoms. The van der Waals surface area contributed by atoms with Gasteiger partial charge in [-0.1, -0.05) is 11.6 Å². The zero-order valence-corrected chi connectivity index (χ0v) is 15.9. The molecule has 0 saturated carbocycles. The smallest absolute Gasteiger partial charge is 0.343 e. The van der Waals surface area contributed by atoms with Crippen molar-refractivity contribution >= 4 is 23.2 Å². The van der Waals surface area contributed by atoms with Gasteiger partial charge in [0.05, 0.1) is 10.7 Å². The Balaban J connectivity index is 1.61. The Morgan fingerprint density at radius 3 is 2.83 bits per heavy atom. The lowest BCUT2D eigenvalue weighted by Crippen LogP contribution is -2.17. The highest BCUT2D eigenvalue weighted by molar-refractivity contribution is 6.30. The highest BCUT2D eigenvalue weighted by Crippen LogP contribution is 2.26. The van der Waals surface area contributed by atoms with Crippen LogP contribution < -0.4 is 5.56 Å². The Labute approximate surface area is 169 Å². The molecule has 0 aliphatic rings. The van der Waals surface area contributed by atoms with Crippen molar-refractivity contribution in [3.05, 3.63) is 86.9 Å². The molecule has 0 saturated heterocycles. The summed E-state index contributed by atoms with van der Waals surface area (Å²) in [5.74, 6) is -0.239. The van der Waals surface area contributed by atoms with Gasteiger partial charge in [0.1, 0.15) is 35.2 Å². The molecule has 0 unspecified atom stereocenters. The summed E-state index contributed by atoms with van der Waals surface area (Å²) in [6.45, 7) is 1.34. The van der Waals surface area contributed by atoms with Crippen LogP contribution in [0.15, 0.2) is 58.1 Å². The van der Waals surface area contributed by atoms with E-state index in [-0.39, 0.29) is 40.6 Å². The summed E-state index contributed by atoms with van der Waals surface area (Å²) in [6.07, 6.45) is 4.86. The van der Waals surface area contributed by atoms with Crippen molar-refractivity contribution in [3.8, 4) is 12.0 Å². The van der Waals surface area contributed by atoms with Gasteiger partial charge in [-0.2, -0.15) is 5.26 Å². The zero-order valence-electron chi connectivity index (χ0n) is 15.1. The van der Waals surface area contributed by atoms with Crippen LogP contribution in [0.2, 0.25) is 5.02 Å². The number of furan rings is 1. The molecule has 0 aliphatic heterocycles. The lowest BCUT2D eigenvalue weighted by Gasteiger charge is -2.06. The zero-order chi connectivity index (χ0) is 20.5. The van der Waals surface area contributed by atoms with Crippen molar-refractivity contribution in [2.45, 2.75) is 13.5 Å². The first-order chi connectivity index (χ1) is 14.0. The number of carbonyl (C=O) groups excluding carboxylic acids is 1. The molecule has 4 rings (SSSR count). The number of esters is 1. The van der Waals surface area contributed by atoms with Gasteiger partial charge in [0.15, 0.2) is 0 Å². The second-order valence-electron chi connectivity index (χ2n) is 6.15. The van der Waals surface area contributed by atoms with Gasteiger partial charge < -0.3 is 9.15 Å². The first-order valence-corrected chi connectivity index (χ1v) is 8.87. The molecule has 0 bridgehead atoms. The highest BCUT2D eigenvalue weighted by atomic mass is 35.5. The largest absolute Gasteiger partial charge is 0.455 e. The number of hydrogen-bond donors (Lipinski definition) is 0. The van der Waals surface area contributed by atoms with Gasteiger partial charge in [0.25, 0.3) is 5.56 Å². The molecule has 9 heteroatoms. The maximum atomic E-state index is 12.6. The molecule has 8 nitrogen and oxygen atoms in total. The highest BCUT2D eigenvalue weighted by Gasteiger charge is 2.25. The Morgan fingerprint density at radius 2 is 2.10 bits per heavy atom. The Kier molecular flexibility index (Phi) is 4.66. The minimum Gasteiger partial charge on any atom is -0.455 e. The van der Waals surface area contributed by atoms with Crippen LogP contribution in [-0.2, 0) is 11.3 Å². The van der Waals surface area contributed by atoms with Crippen molar-refractivity contribution < 1.29 is 13.9 Å². The molecule has 0 aromatic carbocycles. The summed E-state index contributed by atoms with van der Waals surface area (Å²) in [5, 5.41) is 9.93. The summed E-state index contributed by atoms with van der Waals surface area (Å²) >= 11 is 5.89. The molecule has 0 radical (unpaired) electrons. The molecule has 0 atom stereocenters. The van der Waals surface area contributed by atoms with Crippen LogP contribution in [0.5, 0.6) is 0 Å². The average Bonchev–Trinajstić information content (AvgIpc) is 3.34. The SMILES string of the molecule is Cc1oc(-n2cccc2)c(C#N)c1C(=O)OCc1cc(=O)n2cc(Cl)ccc2n1. The fourth-order valence-electron chi connectivity index (χ4n) is 2.94. The normalized spacial score (nSPS) is 10.8. The number of halogens is 1. The summed E-state index contributed by atoms with van der Waals surface area (Å²) in [5.41, 5.74) is 0.414. The molecule has 4 aromatic heterocycles. The quantitative estimate of drug-likeness (QED) is 0.480. The minimum atomic E-state index is -0.737. The number of hydrogen-bond acceptors (Lipinski definition) is 6. The average molecular weight is 409 g/mol. The van der Waals surface area contributed by atoms with Crippen molar-refractivity contribution in [1.29, 1.82) is 5.26 Å². The van der Waals surface area contributed by atoms with Gasteiger partial charge >= 0.3 is 5.97 Å². The van der Waals surface area contributed by atoms with E-state index >= 15 is 0 Å². The monoisotopic (exact) mass is 408 g/mol. The van der Waals surface area contributed by atoms with E-state index in [1.54, 1.807) is 48.1 Å². The maximum Gasteiger partial charge on any atom is 0.343 e. The van der Waals surface area contributed by atoms with Gasteiger partial charge in [-0.3, -0.25) is 13.8 Å². The van der Waals surface area contributed by atoms with Crippen LogP contribution in [0.25, 0.3) is 11.5 Å². The van der Waals surface area contributed by atoms with Crippen LogP contribution in [0.1, 0.15) is 27.4 Å². The van der Waals surface area contributed by atoms with Crippen LogP contribution in [0, 0.1) is 18.3 Å². The summed E-state index contributed by atoms with van der Waals surface area (Å²) < 4.78 is 13.8. The van der Waals surface area contributed by atoms with Crippen LogP contribution in [0.3, 0.4) is 0 Å². The molecular weight excluding hydrogens is 396 g/mol. The maximum absolute atomic E-state index is 12.6. The van der Waals surface area contributed by atoms with Gasteiger partial charge in [0, 0.05) is 24.7 Å². The van der Waals surface area contributed by atoms with E-state index in [1.165, 1.54) is 16.7 Å². The lowest BCUT2D eigenvalue weighted by atomic mass is 10.1. The number of rotatable bonds is 4. The van der Waals surface area contributed by atoms with E-state index in [9.17, 15) is 14.9 Å². The number of aromatic nitrogens is 3. The van der Waals surface area contributed by atoms with E-state index in [4.69, 9.17) is 20.8 Å². The first-order valence-electron chi connectivity index (χ1n) is 8.49. The standard InChI is InChI=1S/C20H13ClN4O4/c1-12-18(15(9-22)19(29-12)24-6-2-3-7-24)20(27)28-11-14-8-17(26)25-10-13(21)4-5-16(25)23-14/h2-8,10H,11H2,1H3. The Bertz CT molecular complexity index is 1330. The number of ether oxygens (including phenoxy) is 1. The van der Waals surface area contributed by atoms with Crippen molar-refractivity contribution in [3.63, 3.8) is 0 Å². The van der Waals surface area contributed by atoms with Crippen LogP contribution in [-0.4, -0.2) is 19.9 Å². The molecule has 0 fully saturated rings. The van der Waals surface area contributed by atoms with E-state index in [0.29, 0.717) is 10.7 Å². The predicted molar refractivity (Wildman–Crippen MR) is 103 cm³/mol. The predicted octanol–water partition coefficient (Wildman–Crippen LogP) is 3.27. The number of aryl methyl sites for hydroxylation is 1. The van der Waals surface area contributed by atoms with Gasteiger partial charge in [-0.25, -0.2) is 9.78 Å². The molecule has 0 amide bonds. The van der Waals surface area contributed by atoms with Crippen LogP contribution in [0.4, 0.5) is 0 Å². The van der Waals surface area contributed by atoms with Gasteiger partial charge in [-0.15, -0.1) is 0 Å². The molecule has 0 aliphatic carbocycles. The first kappa shape index (κ1) is 18.5. The second-order valence-corrected chi connectivity index (χ2v) is 6.59. The summed E-state index contributed by atoms with van der Waals surface area (Å²) in [7, 11) is 0. The summed E-state index contributed by atoms with van der Waals surface area (Å²) in [6, 6.07) is 9.99. The number of pyridine rings is 1. The Hall–Kier alpha value is -3.83. The van der Waals surface area contributed by atoms with E-state index in [1.807, 2.05) is 6.07 Å². The molecule has 0 N–H and O–H groups in total. The number of nitriles is 1. The van der Waals surface area contributed by atoms with E-state index in [0.717, 1.165) is 0 Å². The molecular formula is C20H13ClN4O4. The fraction of sp³-hybridized carbons (Fsp3) is 0.100. The number of fused-ring (bicyclic) bond motifs is 1. The summed E-state index contributed by atoms with van der Waals surface area (Å²) in [4.78, 5) is 29.1. The second kappa shape index (κ2) is 7.30. The van der Waals surface area contributed by atoms with Crippen molar-refractivity contribution in [1.82, 2.24) is 14.0 Å². The fourth-order valence-corrected chi connectivity index (χ4v) is 3.10. The molecule has 4 heterocycles. The number of carbonyl (C=O) groups is 1.